The minimum Gasteiger partial charge on any atom is -0.456 e. The number of amides is 2. The topological polar surface area (TPSA) is 67.4 Å². The van der Waals surface area contributed by atoms with Crippen LogP contribution >= 0.6 is 0 Å². The minimum absolute atomic E-state index is 0.118. The summed E-state index contributed by atoms with van der Waals surface area (Å²) in [6.07, 6.45) is 1.95. The van der Waals surface area contributed by atoms with Crippen LogP contribution in [0, 0.1) is 5.82 Å². The Labute approximate surface area is 111 Å². The number of likely N-dealkylation sites (tertiary alicyclic amines) is 1. The Morgan fingerprint density at radius 3 is 2.53 bits per heavy atom. The number of rotatable bonds is 2. The van der Waals surface area contributed by atoms with Crippen LogP contribution < -0.4 is 10.1 Å². The number of carbonyl (C=O) groups is 1. The van der Waals surface area contributed by atoms with Crippen LogP contribution in [0.5, 0.6) is 6.01 Å². The standard InChI is InChI=1S/C12H17FN4O2/c1-12(2,3)16-11(18)17-6-9(7-17)19-10-14-4-8(13)5-15-10/h4-5,9H,6-7H2,1-3H3,(H,16,18). The van der Waals surface area contributed by atoms with Crippen LogP contribution in [0.3, 0.4) is 0 Å². The number of halogens is 1. The summed E-state index contributed by atoms with van der Waals surface area (Å²) in [4.78, 5) is 20.8. The highest BCUT2D eigenvalue weighted by molar-refractivity contribution is 5.75. The van der Waals surface area contributed by atoms with Crippen LogP contribution in [0.2, 0.25) is 0 Å². The molecular weight excluding hydrogens is 251 g/mol. The molecule has 0 spiro atoms. The molecule has 104 valence electrons. The van der Waals surface area contributed by atoms with Crippen molar-refractivity contribution in [2.75, 3.05) is 13.1 Å². The smallest absolute Gasteiger partial charge is 0.318 e. The Morgan fingerprint density at radius 1 is 1.42 bits per heavy atom. The van der Waals surface area contributed by atoms with E-state index in [4.69, 9.17) is 4.74 Å². The molecule has 1 saturated heterocycles. The molecule has 1 aromatic heterocycles. The van der Waals surface area contributed by atoms with Crippen LogP contribution in [-0.2, 0) is 0 Å². The van der Waals surface area contributed by atoms with E-state index < -0.39 is 5.82 Å². The lowest BCUT2D eigenvalue weighted by atomic mass is 10.1. The van der Waals surface area contributed by atoms with Crippen molar-refractivity contribution >= 4 is 6.03 Å². The zero-order chi connectivity index (χ0) is 14.0. The van der Waals surface area contributed by atoms with E-state index in [2.05, 4.69) is 15.3 Å². The molecule has 1 fully saturated rings. The van der Waals surface area contributed by atoms with Gasteiger partial charge in [-0.3, -0.25) is 0 Å². The molecule has 2 rings (SSSR count). The minimum atomic E-state index is -0.507. The van der Waals surface area contributed by atoms with E-state index in [0.717, 1.165) is 12.4 Å². The Morgan fingerprint density at radius 2 is 2.00 bits per heavy atom. The highest BCUT2D eigenvalue weighted by Gasteiger charge is 2.34. The van der Waals surface area contributed by atoms with Gasteiger partial charge in [-0.2, -0.15) is 0 Å². The van der Waals surface area contributed by atoms with Gasteiger partial charge >= 0.3 is 12.0 Å². The largest absolute Gasteiger partial charge is 0.456 e. The summed E-state index contributed by atoms with van der Waals surface area (Å²) >= 11 is 0. The zero-order valence-corrected chi connectivity index (χ0v) is 11.2. The van der Waals surface area contributed by atoms with Crippen molar-refractivity contribution in [1.82, 2.24) is 20.2 Å². The SMILES string of the molecule is CC(C)(C)NC(=O)N1CC(Oc2ncc(F)cn2)C1. The monoisotopic (exact) mass is 268 g/mol. The van der Waals surface area contributed by atoms with E-state index in [1.165, 1.54) is 0 Å². The second-order valence-electron chi connectivity index (χ2n) is 5.51. The Bertz CT molecular complexity index is 452. The third-order valence-electron chi connectivity index (χ3n) is 2.49. The number of hydrogen-bond donors (Lipinski definition) is 1. The van der Waals surface area contributed by atoms with Crippen molar-refractivity contribution in [3.63, 3.8) is 0 Å². The summed E-state index contributed by atoms with van der Waals surface area (Å²) in [7, 11) is 0. The lowest BCUT2D eigenvalue weighted by Gasteiger charge is -2.39. The van der Waals surface area contributed by atoms with Gasteiger partial charge < -0.3 is 15.0 Å². The fourth-order valence-corrected chi connectivity index (χ4v) is 1.59. The van der Waals surface area contributed by atoms with E-state index in [1.807, 2.05) is 20.8 Å². The molecule has 6 nitrogen and oxygen atoms in total. The number of aromatic nitrogens is 2. The molecule has 1 aliphatic heterocycles. The third kappa shape index (κ3) is 3.77. The van der Waals surface area contributed by atoms with Crippen molar-refractivity contribution < 1.29 is 13.9 Å². The van der Waals surface area contributed by atoms with E-state index in [0.29, 0.717) is 13.1 Å². The molecule has 0 atom stereocenters. The van der Waals surface area contributed by atoms with Crippen molar-refractivity contribution in [3.8, 4) is 6.01 Å². The van der Waals surface area contributed by atoms with Gasteiger partial charge in [0.05, 0.1) is 25.5 Å². The van der Waals surface area contributed by atoms with Gasteiger partial charge in [-0.05, 0) is 20.8 Å². The molecule has 0 radical (unpaired) electrons. The Hall–Kier alpha value is -1.92. The van der Waals surface area contributed by atoms with E-state index >= 15 is 0 Å². The first kappa shape index (κ1) is 13.5. The molecule has 0 aromatic carbocycles. The van der Waals surface area contributed by atoms with E-state index in [9.17, 15) is 9.18 Å². The fourth-order valence-electron chi connectivity index (χ4n) is 1.59. The van der Waals surface area contributed by atoms with E-state index in [-0.39, 0.29) is 23.7 Å². The van der Waals surface area contributed by atoms with Crippen LogP contribution in [0.15, 0.2) is 12.4 Å². The summed E-state index contributed by atoms with van der Waals surface area (Å²) in [5.74, 6) is -0.507. The first-order chi connectivity index (χ1) is 8.83. The Balaban J connectivity index is 1.77. The lowest BCUT2D eigenvalue weighted by Crippen LogP contribution is -2.61. The highest BCUT2D eigenvalue weighted by Crippen LogP contribution is 2.15. The third-order valence-corrected chi connectivity index (χ3v) is 2.49. The van der Waals surface area contributed by atoms with Gasteiger partial charge in [0.15, 0.2) is 5.82 Å². The number of ether oxygens (including phenoxy) is 1. The summed E-state index contributed by atoms with van der Waals surface area (Å²) in [5.41, 5.74) is -0.261. The van der Waals surface area contributed by atoms with Gasteiger partial charge in [-0.1, -0.05) is 0 Å². The first-order valence-electron chi connectivity index (χ1n) is 6.05. The summed E-state index contributed by atoms with van der Waals surface area (Å²) < 4.78 is 18.0. The summed E-state index contributed by atoms with van der Waals surface area (Å²) in [6.45, 7) is 6.71. The summed E-state index contributed by atoms with van der Waals surface area (Å²) in [6, 6.07) is 0.00894. The number of hydrogen-bond acceptors (Lipinski definition) is 4. The number of nitrogens with zero attached hydrogens (tertiary/aromatic N) is 3. The van der Waals surface area contributed by atoms with Gasteiger partial charge in [0, 0.05) is 5.54 Å². The molecular formula is C12H17FN4O2. The maximum atomic E-state index is 12.6. The predicted octanol–water partition coefficient (Wildman–Crippen LogP) is 1.19. The van der Waals surface area contributed by atoms with Gasteiger partial charge in [0.1, 0.15) is 6.10 Å². The molecule has 1 aliphatic rings. The van der Waals surface area contributed by atoms with Crippen molar-refractivity contribution in [2.24, 2.45) is 0 Å². The molecule has 19 heavy (non-hydrogen) atoms. The molecule has 1 aromatic rings. The van der Waals surface area contributed by atoms with Gasteiger partial charge in [-0.25, -0.2) is 19.2 Å². The van der Waals surface area contributed by atoms with Crippen molar-refractivity contribution in [2.45, 2.75) is 32.4 Å². The molecule has 0 bridgehead atoms. The highest BCUT2D eigenvalue weighted by atomic mass is 19.1. The molecule has 0 saturated carbocycles. The Kier molecular flexibility index (Phi) is 3.55. The molecule has 2 heterocycles. The van der Waals surface area contributed by atoms with Gasteiger partial charge in [-0.15, -0.1) is 0 Å². The molecule has 0 aliphatic carbocycles. The number of carbonyl (C=O) groups excluding carboxylic acids is 1. The molecule has 0 unspecified atom stereocenters. The maximum Gasteiger partial charge on any atom is 0.318 e. The summed E-state index contributed by atoms with van der Waals surface area (Å²) in [5, 5.41) is 2.86. The van der Waals surface area contributed by atoms with Crippen LogP contribution in [0.1, 0.15) is 20.8 Å². The molecule has 1 N–H and O–H groups in total. The average Bonchev–Trinajstić information content (AvgIpc) is 2.22. The average molecular weight is 268 g/mol. The van der Waals surface area contributed by atoms with Gasteiger partial charge in [0.25, 0.3) is 0 Å². The second kappa shape index (κ2) is 4.99. The van der Waals surface area contributed by atoms with Crippen LogP contribution in [-0.4, -0.2) is 45.6 Å². The van der Waals surface area contributed by atoms with Crippen LogP contribution in [0.25, 0.3) is 0 Å². The zero-order valence-electron chi connectivity index (χ0n) is 11.2. The van der Waals surface area contributed by atoms with Crippen molar-refractivity contribution in [3.05, 3.63) is 18.2 Å². The van der Waals surface area contributed by atoms with Gasteiger partial charge in [0.2, 0.25) is 0 Å². The first-order valence-corrected chi connectivity index (χ1v) is 6.05. The molecule has 2 amide bonds. The lowest BCUT2D eigenvalue weighted by molar-refractivity contribution is 0.0359. The normalized spacial score (nSPS) is 15.9. The molecule has 7 heteroatoms. The fraction of sp³-hybridized carbons (Fsp3) is 0.583. The van der Waals surface area contributed by atoms with Crippen molar-refractivity contribution in [1.29, 1.82) is 0 Å². The van der Waals surface area contributed by atoms with E-state index in [1.54, 1.807) is 4.90 Å². The van der Waals surface area contributed by atoms with Crippen LogP contribution in [0.4, 0.5) is 9.18 Å². The number of nitrogens with one attached hydrogen (secondary N) is 1. The second-order valence-corrected chi connectivity index (χ2v) is 5.51. The predicted molar refractivity (Wildman–Crippen MR) is 66.3 cm³/mol. The quantitative estimate of drug-likeness (QED) is 0.874. The maximum absolute atomic E-state index is 12.6. The number of urea groups is 1.